The minimum Gasteiger partial charge on any atom is -0.497 e. The number of benzene rings is 2. The lowest BCUT2D eigenvalue weighted by atomic mass is 10.1. The lowest BCUT2D eigenvalue weighted by Gasteiger charge is -2.18. The minimum atomic E-state index is -0.646. The van der Waals surface area contributed by atoms with Crippen molar-refractivity contribution in [3.63, 3.8) is 0 Å². The zero-order valence-corrected chi connectivity index (χ0v) is 16.1. The molecule has 0 heterocycles. The van der Waals surface area contributed by atoms with Crippen LogP contribution in [0.25, 0.3) is 0 Å². The van der Waals surface area contributed by atoms with Gasteiger partial charge >= 0.3 is 0 Å². The number of halogens is 1. The van der Waals surface area contributed by atoms with Gasteiger partial charge in [0.05, 0.1) is 7.11 Å². The van der Waals surface area contributed by atoms with Crippen LogP contribution in [0.4, 0.5) is 4.39 Å². The first-order valence-electron chi connectivity index (χ1n) is 8.49. The quantitative estimate of drug-likeness (QED) is 0.691. The lowest BCUT2D eigenvalue weighted by Crippen LogP contribution is -2.46. The van der Waals surface area contributed by atoms with E-state index in [1.54, 1.807) is 55.3 Å². The van der Waals surface area contributed by atoms with E-state index >= 15 is 0 Å². The van der Waals surface area contributed by atoms with Crippen molar-refractivity contribution in [3.05, 3.63) is 65.5 Å². The Kier molecular flexibility index (Phi) is 8.13. The molecule has 0 saturated carbocycles. The van der Waals surface area contributed by atoms with Crippen LogP contribution in [-0.4, -0.2) is 37.0 Å². The van der Waals surface area contributed by atoms with E-state index in [0.29, 0.717) is 17.7 Å². The number of nitrogens with one attached hydrogen (secondary N) is 2. The molecule has 0 unspecified atom stereocenters. The van der Waals surface area contributed by atoms with Crippen LogP contribution in [0.3, 0.4) is 0 Å². The topological polar surface area (TPSA) is 67.4 Å². The highest BCUT2D eigenvalue weighted by Crippen LogP contribution is 2.12. The van der Waals surface area contributed by atoms with Gasteiger partial charge in [-0.15, -0.1) is 0 Å². The smallest absolute Gasteiger partial charge is 0.251 e. The van der Waals surface area contributed by atoms with Crippen molar-refractivity contribution < 1.29 is 18.7 Å². The molecule has 0 aliphatic carbocycles. The second kappa shape index (κ2) is 10.6. The Morgan fingerprint density at radius 2 is 1.78 bits per heavy atom. The summed E-state index contributed by atoms with van der Waals surface area (Å²) in [5.74, 6) is 0.477. The van der Waals surface area contributed by atoms with Gasteiger partial charge in [-0.1, -0.05) is 12.1 Å². The predicted octanol–water partition coefficient (Wildman–Crippen LogP) is 3.00. The van der Waals surface area contributed by atoms with Crippen LogP contribution in [0.15, 0.2) is 48.5 Å². The van der Waals surface area contributed by atoms with Crippen LogP contribution in [0.2, 0.25) is 0 Å². The number of rotatable bonds is 9. The van der Waals surface area contributed by atoms with E-state index in [0.717, 1.165) is 11.3 Å². The first-order valence-corrected chi connectivity index (χ1v) is 9.89. The Bertz CT molecular complexity index is 751. The average molecular weight is 390 g/mol. The van der Waals surface area contributed by atoms with Gasteiger partial charge < -0.3 is 15.4 Å². The number of ether oxygens (including phenoxy) is 1. The van der Waals surface area contributed by atoms with Crippen molar-refractivity contribution in [1.82, 2.24) is 10.6 Å². The fourth-order valence-electron chi connectivity index (χ4n) is 2.40. The van der Waals surface area contributed by atoms with Crippen LogP contribution >= 0.6 is 11.8 Å². The first-order chi connectivity index (χ1) is 13.0. The molecule has 0 radical (unpaired) electrons. The summed E-state index contributed by atoms with van der Waals surface area (Å²) in [7, 11) is 1.55. The van der Waals surface area contributed by atoms with Crippen molar-refractivity contribution >= 4 is 23.6 Å². The Morgan fingerprint density at radius 1 is 1.11 bits per heavy atom. The molecule has 5 nitrogen and oxygen atoms in total. The first kappa shape index (κ1) is 20.8. The van der Waals surface area contributed by atoms with E-state index in [1.165, 1.54) is 12.1 Å². The summed E-state index contributed by atoms with van der Waals surface area (Å²) < 4.78 is 18.0. The molecule has 0 aliphatic heterocycles. The summed E-state index contributed by atoms with van der Waals surface area (Å²) in [6.45, 7) is 0.271. The maximum Gasteiger partial charge on any atom is 0.251 e. The summed E-state index contributed by atoms with van der Waals surface area (Å²) in [6.07, 6.45) is 2.46. The summed E-state index contributed by atoms with van der Waals surface area (Å²) in [5, 5.41) is 5.58. The van der Waals surface area contributed by atoms with Crippen LogP contribution in [0, 0.1) is 5.82 Å². The SMILES string of the molecule is COc1ccc(C(=O)N[C@H](CCSC)C(=O)NCc2ccc(F)cc2)cc1. The van der Waals surface area contributed by atoms with Gasteiger partial charge in [0, 0.05) is 12.1 Å². The molecule has 1 atom stereocenters. The monoisotopic (exact) mass is 390 g/mol. The van der Waals surface area contributed by atoms with Crippen molar-refractivity contribution in [2.24, 2.45) is 0 Å². The highest BCUT2D eigenvalue weighted by atomic mass is 32.2. The number of carbonyl (C=O) groups is 2. The molecule has 2 aromatic carbocycles. The molecule has 0 aliphatic rings. The molecule has 0 fully saturated rings. The van der Waals surface area contributed by atoms with E-state index in [2.05, 4.69) is 10.6 Å². The molecule has 0 aromatic heterocycles. The molecule has 2 N–H and O–H groups in total. The van der Waals surface area contributed by atoms with Crippen LogP contribution in [-0.2, 0) is 11.3 Å². The van der Waals surface area contributed by atoms with Gasteiger partial charge in [0.15, 0.2) is 0 Å². The van der Waals surface area contributed by atoms with Gasteiger partial charge in [0.2, 0.25) is 5.91 Å². The second-order valence-corrected chi connectivity index (χ2v) is 6.87. The molecular formula is C20H23FN2O3S. The fraction of sp³-hybridized carbons (Fsp3) is 0.300. The number of thioether (sulfide) groups is 1. The minimum absolute atomic E-state index is 0.268. The van der Waals surface area contributed by atoms with E-state index in [4.69, 9.17) is 4.74 Å². The zero-order valence-electron chi connectivity index (χ0n) is 15.3. The van der Waals surface area contributed by atoms with Crippen molar-refractivity contribution in [3.8, 4) is 5.75 Å². The Labute approximate surface area is 162 Å². The van der Waals surface area contributed by atoms with Crippen LogP contribution in [0.1, 0.15) is 22.3 Å². The van der Waals surface area contributed by atoms with E-state index in [-0.39, 0.29) is 24.2 Å². The maximum atomic E-state index is 13.0. The Morgan fingerprint density at radius 3 is 2.37 bits per heavy atom. The van der Waals surface area contributed by atoms with E-state index < -0.39 is 6.04 Å². The summed E-state index contributed by atoms with van der Waals surface area (Å²) in [5.41, 5.74) is 1.24. The molecule has 27 heavy (non-hydrogen) atoms. The van der Waals surface area contributed by atoms with Crippen LogP contribution < -0.4 is 15.4 Å². The zero-order chi connectivity index (χ0) is 19.6. The number of amides is 2. The third kappa shape index (κ3) is 6.60. The fourth-order valence-corrected chi connectivity index (χ4v) is 2.87. The molecule has 0 bridgehead atoms. The number of hydrogen-bond donors (Lipinski definition) is 2. The third-order valence-electron chi connectivity index (χ3n) is 3.96. The highest BCUT2D eigenvalue weighted by molar-refractivity contribution is 7.98. The maximum absolute atomic E-state index is 13.0. The summed E-state index contributed by atoms with van der Waals surface area (Å²) >= 11 is 1.60. The molecule has 2 rings (SSSR count). The molecule has 2 amide bonds. The predicted molar refractivity (Wildman–Crippen MR) is 105 cm³/mol. The second-order valence-electron chi connectivity index (χ2n) is 5.88. The van der Waals surface area contributed by atoms with Gasteiger partial charge in [-0.05, 0) is 60.4 Å². The molecule has 7 heteroatoms. The van der Waals surface area contributed by atoms with Crippen LogP contribution in [0.5, 0.6) is 5.75 Å². The molecule has 2 aromatic rings. The average Bonchev–Trinajstić information content (AvgIpc) is 2.70. The molecular weight excluding hydrogens is 367 g/mol. The summed E-state index contributed by atoms with van der Waals surface area (Å²) in [6, 6.07) is 12.0. The molecule has 144 valence electrons. The summed E-state index contributed by atoms with van der Waals surface area (Å²) in [4.78, 5) is 25.0. The van der Waals surface area contributed by atoms with E-state index in [1.807, 2.05) is 6.26 Å². The van der Waals surface area contributed by atoms with Gasteiger partial charge in [-0.2, -0.15) is 11.8 Å². The number of methoxy groups -OCH3 is 1. The van der Waals surface area contributed by atoms with Crippen molar-refractivity contribution in [2.45, 2.75) is 19.0 Å². The lowest BCUT2D eigenvalue weighted by molar-refractivity contribution is -0.123. The standard InChI is InChI=1S/C20H23FN2O3S/c1-26-17-9-5-15(6-10-17)19(24)23-18(11-12-27-2)20(25)22-13-14-3-7-16(21)8-4-14/h3-10,18H,11-13H2,1-2H3,(H,22,25)(H,23,24)/t18-/m1/s1. The Hall–Kier alpha value is -2.54. The normalized spacial score (nSPS) is 11.5. The third-order valence-corrected chi connectivity index (χ3v) is 4.61. The highest BCUT2D eigenvalue weighted by Gasteiger charge is 2.21. The Balaban J connectivity index is 1.98. The van der Waals surface area contributed by atoms with Gasteiger partial charge in [0.1, 0.15) is 17.6 Å². The number of carbonyl (C=O) groups excluding carboxylic acids is 2. The van der Waals surface area contributed by atoms with Crippen molar-refractivity contribution in [2.75, 3.05) is 19.1 Å². The number of hydrogen-bond acceptors (Lipinski definition) is 4. The van der Waals surface area contributed by atoms with Gasteiger partial charge in [-0.3, -0.25) is 9.59 Å². The van der Waals surface area contributed by atoms with Gasteiger partial charge in [0.25, 0.3) is 5.91 Å². The van der Waals surface area contributed by atoms with Gasteiger partial charge in [-0.25, -0.2) is 4.39 Å². The largest absolute Gasteiger partial charge is 0.497 e. The van der Waals surface area contributed by atoms with E-state index in [9.17, 15) is 14.0 Å². The molecule has 0 spiro atoms. The van der Waals surface area contributed by atoms with Crippen molar-refractivity contribution in [1.29, 1.82) is 0 Å². The molecule has 0 saturated heterocycles.